The van der Waals surface area contributed by atoms with Gasteiger partial charge in [-0.3, -0.25) is 0 Å². The molecular weight excluding hydrogens is 202 g/mol. The summed E-state index contributed by atoms with van der Waals surface area (Å²) in [5.74, 6) is -0.0875. The average Bonchev–Trinajstić information content (AvgIpc) is 2.23. The Morgan fingerprint density at radius 3 is 2.44 bits per heavy atom. The lowest BCUT2D eigenvalue weighted by Gasteiger charge is -2.16. The van der Waals surface area contributed by atoms with E-state index in [1.54, 1.807) is 6.08 Å². The number of hydrogen-bond donors (Lipinski definition) is 2. The van der Waals surface area contributed by atoms with E-state index in [0.29, 0.717) is 24.6 Å². The van der Waals surface area contributed by atoms with Crippen LogP contribution in [0, 0.1) is 5.92 Å². The molecule has 0 aliphatic carbocycles. The van der Waals surface area contributed by atoms with Crippen LogP contribution < -0.4 is 5.32 Å². The van der Waals surface area contributed by atoms with Gasteiger partial charge in [-0.1, -0.05) is 33.3 Å². The number of carboxylic acid groups (broad SMARTS) is 1. The fraction of sp³-hybridized carbons (Fsp3) is 0.769. The molecule has 3 heteroatoms. The molecule has 2 N–H and O–H groups in total. The summed E-state index contributed by atoms with van der Waals surface area (Å²) in [6.45, 7) is 9.08. The molecule has 0 aromatic carbocycles. The second-order valence-electron chi connectivity index (χ2n) is 4.45. The molecule has 0 aromatic heterocycles. The molecule has 2 unspecified atom stereocenters. The lowest BCUT2D eigenvalue weighted by Crippen LogP contribution is -2.28. The molecule has 0 fully saturated rings. The average molecular weight is 227 g/mol. The van der Waals surface area contributed by atoms with E-state index in [2.05, 4.69) is 26.1 Å². The van der Waals surface area contributed by atoms with E-state index in [4.69, 9.17) is 5.11 Å². The fourth-order valence-electron chi connectivity index (χ4n) is 1.62. The quantitative estimate of drug-likeness (QED) is 0.627. The largest absolute Gasteiger partial charge is 0.478 e. The summed E-state index contributed by atoms with van der Waals surface area (Å²) < 4.78 is 0. The van der Waals surface area contributed by atoms with Gasteiger partial charge in [0.25, 0.3) is 0 Å². The highest BCUT2D eigenvalue weighted by Gasteiger charge is 2.07. The molecule has 0 aliphatic heterocycles. The summed E-state index contributed by atoms with van der Waals surface area (Å²) in [5.41, 5.74) is 0.489. The van der Waals surface area contributed by atoms with Gasteiger partial charge in [-0.05, 0) is 25.7 Å². The van der Waals surface area contributed by atoms with Gasteiger partial charge in [0.1, 0.15) is 0 Å². The van der Waals surface area contributed by atoms with Crippen molar-refractivity contribution in [2.75, 3.05) is 6.54 Å². The van der Waals surface area contributed by atoms with Gasteiger partial charge in [-0.2, -0.15) is 0 Å². The van der Waals surface area contributed by atoms with Crippen LogP contribution in [0.4, 0.5) is 0 Å². The number of rotatable bonds is 8. The molecule has 0 saturated carbocycles. The van der Waals surface area contributed by atoms with Gasteiger partial charge >= 0.3 is 5.97 Å². The van der Waals surface area contributed by atoms with Crippen LogP contribution >= 0.6 is 0 Å². The van der Waals surface area contributed by atoms with E-state index in [1.807, 2.05) is 6.92 Å². The molecule has 0 saturated heterocycles. The van der Waals surface area contributed by atoms with E-state index < -0.39 is 5.97 Å². The fourth-order valence-corrected chi connectivity index (χ4v) is 1.62. The Labute approximate surface area is 98.9 Å². The van der Waals surface area contributed by atoms with Gasteiger partial charge in [-0.15, -0.1) is 0 Å². The Balaban J connectivity index is 3.91. The van der Waals surface area contributed by atoms with Crippen LogP contribution in [0.3, 0.4) is 0 Å². The minimum atomic E-state index is -0.807. The summed E-state index contributed by atoms with van der Waals surface area (Å²) >= 11 is 0. The number of nitrogens with one attached hydrogen (secondary N) is 1. The van der Waals surface area contributed by atoms with Crippen molar-refractivity contribution >= 4 is 5.97 Å². The highest BCUT2D eigenvalue weighted by molar-refractivity contribution is 5.86. The van der Waals surface area contributed by atoms with E-state index in [1.165, 1.54) is 6.42 Å². The number of carboxylic acids is 1. The number of carbonyl (C=O) groups is 1. The van der Waals surface area contributed by atoms with Crippen molar-refractivity contribution in [2.24, 2.45) is 5.92 Å². The first kappa shape index (κ1) is 15.2. The normalized spacial score (nSPS) is 15.9. The first-order chi connectivity index (χ1) is 7.51. The standard InChI is InChI=1S/C13H25NO2/c1-5-10(3)9-11(4)14-8-7-12(6-2)13(15)16/h7,10-11,14H,5-6,8-9H2,1-4H3,(H,15,16)/b12-7-. The Bertz CT molecular complexity index is 236. The van der Waals surface area contributed by atoms with Crippen molar-refractivity contribution in [2.45, 2.75) is 53.0 Å². The molecule has 0 amide bonds. The first-order valence-corrected chi connectivity index (χ1v) is 6.16. The van der Waals surface area contributed by atoms with Gasteiger partial charge in [-0.25, -0.2) is 4.79 Å². The van der Waals surface area contributed by atoms with E-state index in [0.717, 1.165) is 12.3 Å². The summed E-state index contributed by atoms with van der Waals surface area (Å²) in [4.78, 5) is 10.7. The highest BCUT2D eigenvalue weighted by atomic mass is 16.4. The van der Waals surface area contributed by atoms with Crippen molar-refractivity contribution in [1.29, 1.82) is 0 Å². The van der Waals surface area contributed by atoms with E-state index in [-0.39, 0.29) is 0 Å². The maximum absolute atomic E-state index is 10.7. The summed E-state index contributed by atoms with van der Waals surface area (Å²) in [6, 6.07) is 0.443. The van der Waals surface area contributed by atoms with Crippen LogP contribution in [0.15, 0.2) is 11.6 Å². The Hall–Kier alpha value is -0.830. The molecule has 0 aliphatic rings. The van der Waals surface area contributed by atoms with Crippen LogP contribution in [0.1, 0.15) is 47.0 Å². The Morgan fingerprint density at radius 1 is 1.38 bits per heavy atom. The van der Waals surface area contributed by atoms with Gasteiger partial charge in [0.05, 0.1) is 0 Å². The van der Waals surface area contributed by atoms with E-state index in [9.17, 15) is 4.79 Å². The van der Waals surface area contributed by atoms with Gasteiger partial charge in [0.15, 0.2) is 0 Å². The lowest BCUT2D eigenvalue weighted by atomic mass is 10.0. The van der Waals surface area contributed by atoms with Crippen molar-refractivity contribution in [1.82, 2.24) is 5.32 Å². The summed E-state index contributed by atoms with van der Waals surface area (Å²) in [5, 5.41) is 12.2. The van der Waals surface area contributed by atoms with Gasteiger partial charge < -0.3 is 10.4 Å². The molecule has 3 nitrogen and oxygen atoms in total. The topological polar surface area (TPSA) is 49.3 Å². The van der Waals surface area contributed by atoms with Crippen molar-refractivity contribution < 1.29 is 9.90 Å². The van der Waals surface area contributed by atoms with Crippen LogP contribution in [0.25, 0.3) is 0 Å². The maximum atomic E-state index is 10.7. The van der Waals surface area contributed by atoms with Gasteiger partial charge in [0.2, 0.25) is 0 Å². The maximum Gasteiger partial charge on any atom is 0.331 e. The molecular formula is C13H25NO2. The number of aliphatic carboxylic acids is 1. The van der Waals surface area contributed by atoms with Crippen molar-refractivity contribution in [3.63, 3.8) is 0 Å². The molecule has 0 bridgehead atoms. The zero-order valence-electron chi connectivity index (χ0n) is 10.9. The Kier molecular flexibility index (Phi) is 7.90. The monoisotopic (exact) mass is 227 g/mol. The zero-order chi connectivity index (χ0) is 12.6. The third-order valence-corrected chi connectivity index (χ3v) is 2.92. The third-order valence-electron chi connectivity index (χ3n) is 2.92. The molecule has 0 heterocycles. The summed E-state index contributed by atoms with van der Waals surface area (Å²) in [7, 11) is 0. The lowest BCUT2D eigenvalue weighted by molar-refractivity contribution is -0.132. The zero-order valence-corrected chi connectivity index (χ0v) is 10.9. The minimum Gasteiger partial charge on any atom is -0.478 e. The number of hydrogen-bond acceptors (Lipinski definition) is 2. The van der Waals surface area contributed by atoms with E-state index >= 15 is 0 Å². The van der Waals surface area contributed by atoms with Crippen LogP contribution in [-0.2, 0) is 4.79 Å². The Morgan fingerprint density at radius 2 is 2.00 bits per heavy atom. The minimum absolute atomic E-state index is 0.443. The highest BCUT2D eigenvalue weighted by Crippen LogP contribution is 2.09. The third kappa shape index (κ3) is 6.62. The van der Waals surface area contributed by atoms with Crippen LogP contribution in [-0.4, -0.2) is 23.7 Å². The predicted octanol–water partition coefficient (Wildman–Crippen LogP) is 2.82. The summed E-state index contributed by atoms with van der Waals surface area (Å²) in [6.07, 6.45) is 4.68. The van der Waals surface area contributed by atoms with Gasteiger partial charge in [0, 0.05) is 18.2 Å². The predicted molar refractivity (Wildman–Crippen MR) is 67.5 cm³/mol. The van der Waals surface area contributed by atoms with Crippen LogP contribution in [0.2, 0.25) is 0 Å². The van der Waals surface area contributed by atoms with Crippen LogP contribution in [0.5, 0.6) is 0 Å². The molecule has 0 aromatic rings. The second kappa shape index (κ2) is 8.34. The molecule has 94 valence electrons. The molecule has 0 spiro atoms. The first-order valence-electron chi connectivity index (χ1n) is 6.16. The van der Waals surface area contributed by atoms with Crippen molar-refractivity contribution in [3.8, 4) is 0 Å². The molecule has 16 heavy (non-hydrogen) atoms. The molecule has 2 atom stereocenters. The van der Waals surface area contributed by atoms with Crippen molar-refractivity contribution in [3.05, 3.63) is 11.6 Å². The smallest absolute Gasteiger partial charge is 0.331 e. The SMILES string of the molecule is CC/C(=C/CNC(C)CC(C)CC)C(=O)O. The molecule has 0 rings (SSSR count). The molecule has 0 radical (unpaired) electrons. The second-order valence-corrected chi connectivity index (χ2v) is 4.45.